The fraction of sp³-hybridized carbons (Fsp3) is 0.842. The largest absolute Gasteiger partial charge is 0.481 e. The molecule has 0 rings (SSSR count). The van der Waals surface area contributed by atoms with Crippen molar-refractivity contribution in [1.82, 2.24) is 0 Å². The summed E-state index contributed by atoms with van der Waals surface area (Å²) in [4.78, 5) is 22.9. The molecular weight excluding hydrogens is 520 g/mol. The summed E-state index contributed by atoms with van der Waals surface area (Å²) in [6.45, 7) is 4.43. The first-order valence-corrected chi connectivity index (χ1v) is 18.3. The van der Waals surface area contributed by atoms with E-state index in [2.05, 4.69) is 38.2 Å². The number of carbonyl (C=O) groups excluding carboxylic acids is 1. The Bertz CT molecular complexity index is 639. The number of unbranched alkanes of at least 4 members (excludes halogenated alkanes) is 20. The van der Waals surface area contributed by atoms with Crippen molar-refractivity contribution in [1.29, 1.82) is 0 Å². The lowest BCUT2D eigenvalue weighted by Gasteiger charge is -2.17. The lowest BCUT2D eigenvalue weighted by molar-refractivity contribution is -0.150. The van der Waals surface area contributed by atoms with Crippen molar-refractivity contribution >= 4 is 11.9 Å². The van der Waals surface area contributed by atoms with Gasteiger partial charge in [0.25, 0.3) is 0 Å². The van der Waals surface area contributed by atoms with Crippen molar-refractivity contribution in [2.45, 2.75) is 206 Å². The van der Waals surface area contributed by atoms with Crippen LogP contribution in [0.4, 0.5) is 0 Å². The molecule has 0 saturated heterocycles. The van der Waals surface area contributed by atoms with E-state index in [1.807, 2.05) is 0 Å². The number of allylic oxidation sites excluding steroid dienone is 4. The van der Waals surface area contributed by atoms with E-state index < -0.39 is 5.97 Å². The SMILES string of the molecule is CCCCC/C=C\C/C=C\CCCCCCCCCCCC(=O)OC(CCC)CCCCCCCCCCCC(=O)O. The highest BCUT2D eigenvalue weighted by atomic mass is 16.5. The van der Waals surface area contributed by atoms with Gasteiger partial charge >= 0.3 is 11.9 Å². The molecular formula is C38H70O4. The summed E-state index contributed by atoms with van der Waals surface area (Å²) in [5.74, 6) is -0.673. The smallest absolute Gasteiger partial charge is 0.306 e. The van der Waals surface area contributed by atoms with Crippen LogP contribution in [0.5, 0.6) is 0 Å². The second kappa shape index (κ2) is 33.9. The van der Waals surface area contributed by atoms with Gasteiger partial charge in [-0.2, -0.15) is 0 Å². The molecule has 0 aliphatic heterocycles. The third-order valence-corrected chi connectivity index (χ3v) is 8.16. The van der Waals surface area contributed by atoms with Crippen LogP contribution in [0.1, 0.15) is 200 Å². The standard InChI is InChI=1S/C38H70O4/c1-3-5-6-7-8-9-10-11-12-13-14-15-16-17-18-22-25-28-31-35-38(41)42-36(32-4-2)33-29-26-23-20-19-21-24-27-30-34-37(39)40/h8-9,11-12,36H,3-7,10,13-35H2,1-2H3,(H,39,40)/b9-8-,12-11-. The molecule has 0 fully saturated rings. The van der Waals surface area contributed by atoms with E-state index in [1.54, 1.807) is 0 Å². The zero-order valence-electron chi connectivity index (χ0n) is 28.1. The maximum Gasteiger partial charge on any atom is 0.306 e. The molecule has 0 aliphatic carbocycles. The Morgan fingerprint density at radius 3 is 1.48 bits per heavy atom. The first-order chi connectivity index (χ1) is 20.6. The number of carboxylic acid groups (broad SMARTS) is 1. The van der Waals surface area contributed by atoms with Gasteiger partial charge in [-0.3, -0.25) is 9.59 Å². The normalized spacial score (nSPS) is 12.4. The third-order valence-electron chi connectivity index (χ3n) is 8.16. The molecule has 4 heteroatoms. The van der Waals surface area contributed by atoms with Crippen molar-refractivity contribution in [2.75, 3.05) is 0 Å². The highest BCUT2D eigenvalue weighted by Crippen LogP contribution is 2.17. The molecule has 0 heterocycles. The van der Waals surface area contributed by atoms with E-state index in [1.165, 1.54) is 109 Å². The summed E-state index contributed by atoms with van der Waals surface area (Å²) < 4.78 is 5.84. The van der Waals surface area contributed by atoms with Crippen molar-refractivity contribution in [3.63, 3.8) is 0 Å². The molecule has 246 valence electrons. The highest BCUT2D eigenvalue weighted by Gasteiger charge is 2.13. The fourth-order valence-electron chi connectivity index (χ4n) is 5.50. The Kier molecular flexibility index (Phi) is 32.6. The molecule has 1 unspecified atom stereocenters. The molecule has 0 radical (unpaired) electrons. The van der Waals surface area contributed by atoms with Crippen LogP contribution < -0.4 is 0 Å². The van der Waals surface area contributed by atoms with Crippen molar-refractivity contribution in [2.24, 2.45) is 0 Å². The summed E-state index contributed by atoms with van der Waals surface area (Å²) in [5, 5.41) is 8.67. The van der Waals surface area contributed by atoms with Gasteiger partial charge in [-0.1, -0.05) is 147 Å². The third kappa shape index (κ3) is 32.9. The van der Waals surface area contributed by atoms with E-state index in [9.17, 15) is 9.59 Å². The van der Waals surface area contributed by atoms with Crippen LogP contribution >= 0.6 is 0 Å². The van der Waals surface area contributed by atoms with E-state index in [-0.39, 0.29) is 12.1 Å². The molecule has 0 aromatic carbocycles. The molecule has 0 aliphatic rings. The topological polar surface area (TPSA) is 63.6 Å². The molecule has 0 spiro atoms. The molecule has 0 saturated carbocycles. The molecule has 0 amide bonds. The first kappa shape index (κ1) is 40.4. The van der Waals surface area contributed by atoms with Crippen LogP contribution in [-0.2, 0) is 14.3 Å². The van der Waals surface area contributed by atoms with Crippen molar-refractivity contribution < 1.29 is 19.4 Å². The van der Waals surface area contributed by atoms with Gasteiger partial charge in [-0.25, -0.2) is 0 Å². The quantitative estimate of drug-likeness (QED) is 0.0469. The summed E-state index contributed by atoms with van der Waals surface area (Å²) in [5.41, 5.74) is 0. The lowest BCUT2D eigenvalue weighted by Crippen LogP contribution is -2.18. The second-order valence-electron chi connectivity index (χ2n) is 12.4. The fourth-order valence-corrected chi connectivity index (χ4v) is 5.50. The summed E-state index contributed by atoms with van der Waals surface area (Å²) in [7, 11) is 0. The number of hydrogen-bond acceptors (Lipinski definition) is 3. The van der Waals surface area contributed by atoms with Gasteiger partial charge in [-0.05, 0) is 64.2 Å². The molecule has 0 aromatic heterocycles. The maximum atomic E-state index is 12.4. The average Bonchev–Trinajstić information content (AvgIpc) is 2.97. The van der Waals surface area contributed by atoms with Crippen molar-refractivity contribution in [3.05, 3.63) is 24.3 Å². The number of aliphatic carboxylic acids is 1. The lowest BCUT2D eigenvalue weighted by atomic mass is 10.0. The summed E-state index contributed by atoms with van der Waals surface area (Å²) in [6, 6.07) is 0. The number of ether oxygens (including phenoxy) is 1. The van der Waals surface area contributed by atoms with Crippen LogP contribution in [0.15, 0.2) is 24.3 Å². The number of carbonyl (C=O) groups is 2. The van der Waals surface area contributed by atoms with Crippen LogP contribution in [0.2, 0.25) is 0 Å². The Balaban J connectivity index is 3.54. The van der Waals surface area contributed by atoms with Gasteiger partial charge in [-0.15, -0.1) is 0 Å². The van der Waals surface area contributed by atoms with Gasteiger partial charge in [0.15, 0.2) is 0 Å². The van der Waals surface area contributed by atoms with Gasteiger partial charge in [0.05, 0.1) is 0 Å². The van der Waals surface area contributed by atoms with E-state index in [0.29, 0.717) is 12.8 Å². The predicted molar refractivity (Wildman–Crippen MR) is 181 cm³/mol. The minimum Gasteiger partial charge on any atom is -0.481 e. The number of esters is 1. The zero-order chi connectivity index (χ0) is 30.8. The van der Waals surface area contributed by atoms with Crippen LogP contribution in [-0.4, -0.2) is 23.1 Å². The Labute approximate surface area is 261 Å². The van der Waals surface area contributed by atoms with Gasteiger partial charge in [0.1, 0.15) is 6.10 Å². The first-order valence-electron chi connectivity index (χ1n) is 18.3. The number of carboxylic acids is 1. The van der Waals surface area contributed by atoms with Crippen molar-refractivity contribution in [3.8, 4) is 0 Å². The highest BCUT2D eigenvalue weighted by molar-refractivity contribution is 5.69. The minimum absolute atomic E-state index is 0.00777. The zero-order valence-corrected chi connectivity index (χ0v) is 28.1. The Morgan fingerprint density at radius 1 is 0.524 bits per heavy atom. The van der Waals surface area contributed by atoms with E-state index >= 15 is 0 Å². The molecule has 1 atom stereocenters. The maximum absolute atomic E-state index is 12.4. The summed E-state index contributed by atoms with van der Waals surface area (Å²) >= 11 is 0. The van der Waals surface area contributed by atoms with Crippen LogP contribution in [0.3, 0.4) is 0 Å². The van der Waals surface area contributed by atoms with Gasteiger partial charge < -0.3 is 9.84 Å². The monoisotopic (exact) mass is 591 g/mol. The minimum atomic E-state index is -0.680. The predicted octanol–water partition coefficient (Wildman–Crippen LogP) is 12.4. The van der Waals surface area contributed by atoms with Crippen LogP contribution in [0, 0.1) is 0 Å². The Morgan fingerprint density at radius 2 is 0.976 bits per heavy atom. The van der Waals surface area contributed by atoms with Crippen LogP contribution in [0.25, 0.3) is 0 Å². The number of rotatable bonds is 33. The van der Waals surface area contributed by atoms with Gasteiger partial charge in [0.2, 0.25) is 0 Å². The second-order valence-corrected chi connectivity index (χ2v) is 12.4. The molecule has 0 aromatic rings. The molecule has 4 nitrogen and oxygen atoms in total. The average molecular weight is 591 g/mol. The number of hydrogen-bond donors (Lipinski definition) is 1. The molecule has 1 N–H and O–H groups in total. The Hall–Kier alpha value is -1.58. The molecule has 42 heavy (non-hydrogen) atoms. The summed E-state index contributed by atoms with van der Waals surface area (Å²) in [6.07, 6.45) is 42.5. The van der Waals surface area contributed by atoms with E-state index in [4.69, 9.17) is 9.84 Å². The molecule has 0 bridgehead atoms. The van der Waals surface area contributed by atoms with E-state index in [0.717, 1.165) is 64.2 Å². The van der Waals surface area contributed by atoms with Gasteiger partial charge in [0, 0.05) is 12.8 Å².